The average molecular weight is 445 g/mol. The van der Waals surface area contributed by atoms with E-state index in [-0.39, 0.29) is 24.4 Å². The van der Waals surface area contributed by atoms with Crippen LogP contribution >= 0.6 is 12.4 Å². The van der Waals surface area contributed by atoms with Crippen molar-refractivity contribution in [3.05, 3.63) is 48.7 Å². The zero-order valence-electron chi connectivity index (χ0n) is 18.0. The van der Waals surface area contributed by atoms with Crippen LogP contribution in [-0.4, -0.2) is 30.6 Å². The monoisotopic (exact) mass is 444 g/mol. The molecule has 7 nitrogen and oxygen atoms in total. The Morgan fingerprint density at radius 1 is 1.23 bits per heavy atom. The molecule has 0 saturated heterocycles. The molecule has 1 aromatic heterocycles. The minimum atomic E-state index is -0.119. The van der Waals surface area contributed by atoms with Gasteiger partial charge in [0.15, 0.2) is 11.5 Å². The van der Waals surface area contributed by atoms with E-state index in [9.17, 15) is 4.79 Å². The summed E-state index contributed by atoms with van der Waals surface area (Å²) >= 11 is 0. The molecule has 0 spiro atoms. The van der Waals surface area contributed by atoms with Crippen LogP contribution in [-0.2, 0) is 4.79 Å². The molecule has 8 heteroatoms. The summed E-state index contributed by atoms with van der Waals surface area (Å²) in [5.74, 6) is 1.71. The summed E-state index contributed by atoms with van der Waals surface area (Å²) in [6.07, 6.45) is 3.68. The normalized spacial score (nSPS) is 11.4. The van der Waals surface area contributed by atoms with Gasteiger partial charge in [-0.25, -0.2) is 0 Å². The highest BCUT2D eigenvalue weighted by Gasteiger charge is 2.17. The smallest absolute Gasteiger partial charge is 0.221 e. The van der Waals surface area contributed by atoms with Crippen molar-refractivity contribution in [2.24, 2.45) is 5.73 Å². The van der Waals surface area contributed by atoms with Crippen LogP contribution < -0.4 is 25.8 Å². The van der Waals surface area contributed by atoms with Crippen LogP contribution in [0.4, 0.5) is 11.4 Å². The van der Waals surface area contributed by atoms with E-state index in [4.69, 9.17) is 15.2 Å². The average Bonchev–Trinajstić information content (AvgIpc) is 2.74. The standard InChI is InChI=1S/C23H28N4O3.ClH/c1-15(6-4-12-24)26-20-14-21(29-3)23(19-7-5-13-25-22(19)20)30-18-10-8-17(9-11-18)27-16(2)28;/h5,7-11,13-15,26H,4,6,12,24H2,1-3H3,(H,27,28);1H. The van der Waals surface area contributed by atoms with Gasteiger partial charge in [0.2, 0.25) is 5.91 Å². The Bertz CT molecular complexity index is 1010. The molecule has 1 unspecified atom stereocenters. The molecule has 0 aliphatic carbocycles. The number of hydrogen-bond donors (Lipinski definition) is 3. The fourth-order valence-electron chi connectivity index (χ4n) is 3.26. The van der Waals surface area contributed by atoms with E-state index in [1.807, 2.05) is 18.2 Å². The number of anilines is 2. The number of halogens is 1. The van der Waals surface area contributed by atoms with Crippen LogP contribution in [0.5, 0.6) is 17.2 Å². The van der Waals surface area contributed by atoms with Gasteiger partial charge in [-0.3, -0.25) is 9.78 Å². The van der Waals surface area contributed by atoms with Crippen molar-refractivity contribution in [2.75, 3.05) is 24.3 Å². The first-order valence-electron chi connectivity index (χ1n) is 9.99. The van der Waals surface area contributed by atoms with E-state index in [2.05, 4.69) is 22.5 Å². The number of carbonyl (C=O) groups excluding carboxylic acids is 1. The zero-order chi connectivity index (χ0) is 21.5. The molecular weight excluding hydrogens is 416 g/mol. The van der Waals surface area contributed by atoms with Gasteiger partial charge in [-0.2, -0.15) is 0 Å². The first-order chi connectivity index (χ1) is 14.5. The number of pyridine rings is 1. The van der Waals surface area contributed by atoms with Crippen LogP contribution in [0.3, 0.4) is 0 Å². The molecule has 2 aromatic carbocycles. The molecule has 3 rings (SSSR count). The molecule has 31 heavy (non-hydrogen) atoms. The maximum atomic E-state index is 11.2. The number of fused-ring (bicyclic) bond motifs is 1. The van der Waals surface area contributed by atoms with E-state index < -0.39 is 0 Å². The van der Waals surface area contributed by atoms with E-state index in [1.165, 1.54) is 6.92 Å². The number of amides is 1. The van der Waals surface area contributed by atoms with Gasteiger partial charge in [0.05, 0.1) is 18.3 Å². The molecule has 1 amide bonds. The lowest BCUT2D eigenvalue weighted by Crippen LogP contribution is -2.17. The van der Waals surface area contributed by atoms with Gasteiger partial charge in [-0.1, -0.05) is 0 Å². The molecule has 3 aromatic rings. The van der Waals surface area contributed by atoms with Crippen LogP contribution in [0.1, 0.15) is 26.7 Å². The van der Waals surface area contributed by atoms with Gasteiger partial charge in [0.25, 0.3) is 0 Å². The second-order valence-electron chi connectivity index (χ2n) is 7.14. The van der Waals surface area contributed by atoms with Gasteiger partial charge >= 0.3 is 0 Å². The van der Waals surface area contributed by atoms with Crippen LogP contribution in [0.2, 0.25) is 0 Å². The summed E-state index contributed by atoms with van der Waals surface area (Å²) in [7, 11) is 1.62. The number of rotatable bonds is 9. The van der Waals surface area contributed by atoms with Gasteiger partial charge < -0.3 is 25.8 Å². The highest BCUT2D eigenvalue weighted by Crippen LogP contribution is 2.42. The van der Waals surface area contributed by atoms with Crippen molar-refractivity contribution < 1.29 is 14.3 Å². The Hall–Kier alpha value is -3.03. The Kier molecular flexibility index (Phi) is 8.90. The number of hydrogen-bond acceptors (Lipinski definition) is 6. The van der Waals surface area contributed by atoms with Gasteiger partial charge in [-0.05, 0) is 62.7 Å². The predicted molar refractivity (Wildman–Crippen MR) is 128 cm³/mol. The van der Waals surface area contributed by atoms with Gasteiger partial charge in [0.1, 0.15) is 5.75 Å². The maximum absolute atomic E-state index is 11.2. The van der Waals surface area contributed by atoms with Crippen molar-refractivity contribution in [2.45, 2.75) is 32.7 Å². The lowest BCUT2D eigenvalue weighted by atomic mass is 10.1. The largest absolute Gasteiger partial charge is 0.493 e. The fourth-order valence-corrected chi connectivity index (χ4v) is 3.26. The number of nitrogens with zero attached hydrogens (tertiary/aromatic N) is 1. The second-order valence-corrected chi connectivity index (χ2v) is 7.14. The third-order valence-electron chi connectivity index (χ3n) is 4.66. The summed E-state index contributed by atoms with van der Waals surface area (Å²) < 4.78 is 11.8. The molecule has 0 saturated carbocycles. The van der Waals surface area contributed by atoms with E-state index in [1.54, 1.807) is 37.6 Å². The van der Waals surface area contributed by atoms with Crippen molar-refractivity contribution in [1.29, 1.82) is 0 Å². The molecule has 0 fully saturated rings. The fraction of sp³-hybridized carbons (Fsp3) is 0.304. The zero-order valence-corrected chi connectivity index (χ0v) is 18.8. The predicted octanol–water partition coefficient (Wildman–Crippen LogP) is 4.96. The molecule has 4 N–H and O–H groups in total. The van der Waals surface area contributed by atoms with Gasteiger partial charge in [0, 0.05) is 36.3 Å². The summed E-state index contributed by atoms with van der Waals surface area (Å²) in [6.45, 7) is 4.26. The Morgan fingerprint density at radius 2 is 1.97 bits per heavy atom. The van der Waals surface area contributed by atoms with E-state index >= 15 is 0 Å². The number of carbonyl (C=O) groups is 1. The Labute approximate surface area is 188 Å². The molecule has 0 aliphatic rings. The highest BCUT2D eigenvalue weighted by atomic mass is 35.5. The van der Waals surface area contributed by atoms with E-state index in [0.29, 0.717) is 29.5 Å². The van der Waals surface area contributed by atoms with Crippen molar-refractivity contribution >= 4 is 40.6 Å². The maximum Gasteiger partial charge on any atom is 0.221 e. The van der Waals surface area contributed by atoms with Crippen LogP contribution in [0.25, 0.3) is 10.9 Å². The van der Waals surface area contributed by atoms with Crippen LogP contribution in [0, 0.1) is 0 Å². The number of benzene rings is 2. The number of nitrogens with two attached hydrogens (primary N) is 1. The lowest BCUT2D eigenvalue weighted by Gasteiger charge is -2.19. The van der Waals surface area contributed by atoms with Gasteiger partial charge in [-0.15, -0.1) is 12.4 Å². The topological polar surface area (TPSA) is 98.5 Å². The Morgan fingerprint density at radius 3 is 2.61 bits per heavy atom. The van der Waals surface area contributed by atoms with Crippen molar-refractivity contribution in [1.82, 2.24) is 4.98 Å². The summed E-state index contributed by atoms with van der Waals surface area (Å²) in [5, 5.41) is 7.10. The van der Waals surface area contributed by atoms with E-state index in [0.717, 1.165) is 29.4 Å². The quantitative estimate of drug-likeness (QED) is 0.431. The van der Waals surface area contributed by atoms with Crippen molar-refractivity contribution in [3.63, 3.8) is 0 Å². The molecule has 1 heterocycles. The lowest BCUT2D eigenvalue weighted by molar-refractivity contribution is -0.114. The third-order valence-corrected chi connectivity index (χ3v) is 4.66. The SMILES string of the molecule is COc1cc(NC(C)CCCN)c2ncccc2c1Oc1ccc(NC(C)=O)cc1.Cl. The summed E-state index contributed by atoms with van der Waals surface area (Å²) in [6, 6.07) is 13.2. The molecule has 0 aliphatic heterocycles. The molecule has 0 bridgehead atoms. The molecule has 0 radical (unpaired) electrons. The molecular formula is C23H29ClN4O3. The highest BCUT2D eigenvalue weighted by molar-refractivity contribution is 5.97. The second kappa shape index (κ2) is 11.4. The number of methoxy groups -OCH3 is 1. The Balaban J connectivity index is 0.00000341. The third kappa shape index (κ3) is 6.23. The minimum absolute atomic E-state index is 0. The van der Waals surface area contributed by atoms with Crippen LogP contribution in [0.15, 0.2) is 48.7 Å². The molecule has 166 valence electrons. The van der Waals surface area contributed by atoms with Crippen molar-refractivity contribution in [3.8, 4) is 17.2 Å². The number of ether oxygens (including phenoxy) is 2. The first kappa shape index (κ1) is 24.2. The first-order valence-corrected chi connectivity index (χ1v) is 9.99. The summed E-state index contributed by atoms with van der Waals surface area (Å²) in [5.41, 5.74) is 8.04. The minimum Gasteiger partial charge on any atom is -0.493 e. The summed E-state index contributed by atoms with van der Waals surface area (Å²) in [4.78, 5) is 15.8. The number of nitrogens with one attached hydrogen (secondary N) is 2. The number of aromatic nitrogens is 1. The molecule has 1 atom stereocenters.